The van der Waals surface area contributed by atoms with Crippen molar-refractivity contribution in [2.45, 2.75) is 44.6 Å². The highest BCUT2D eigenvalue weighted by Crippen LogP contribution is 2.37. The van der Waals surface area contributed by atoms with Crippen molar-refractivity contribution in [3.63, 3.8) is 0 Å². The van der Waals surface area contributed by atoms with Crippen LogP contribution in [0.1, 0.15) is 63.5 Å². The summed E-state index contributed by atoms with van der Waals surface area (Å²) in [5.41, 5.74) is -3.77. The molecule has 37 heavy (non-hydrogen) atoms. The van der Waals surface area contributed by atoms with Crippen molar-refractivity contribution < 1.29 is 50.9 Å². The monoisotopic (exact) mass is 530 g/mol. The fourth-order valence-electron chi connectivity index (χ4n) is 3.65. The number of aromatic nitrogens is 2. The number of ether oxygens (including phenoxy) is 1. The molecule has 2 aromatic carbocycles. The van der Waals surface area contributed by atoms with Gasteiger partial charge < -0.3 is 19.9 Å². The first kappa shape index (κ1) is 27.6. The van der Waals surface area contributed by atoms with E-state index in [1.807, 2.05) is 0 Å². The van der Waals surface area contributed by atoms with Crippen molar-refractivity contribution in [1.29, 1.82) is 0 Å². The largest absolute Gasteiger partial charge is 0.489 e. The Morgan fingerprint density at radius 2 is 1.65 bits per heavy atom. The number of aryl methyl sites for hydroxylation is 1. The summed E-state index contributed by atoms with van der Waals surface area (Å²) < 4.78 is 84.7. The number of aromatic amines is 1. The third-order valence-corrected chi connectivity index (χ3v) is 5.35. The van der Waals surface area contributed by atoms with Crippen molar-refractivity contribution in [2.75, 3.05) is 0 Å². The Hall–Kier alpha value is -4.03. The first-order valence-corrected chi connectivity index (χ1v) is 10.8. The number of aliphatic carboxylic acids is 1. The lowest BCUT2D eigenvalue weighted by atomic mass is 9.94. The molecule has 1 heterocycles. The van der Waals surface area contributed by atoms with Gasteiger partial charge in [-0.25, -0.2) is 9.78 Å². The van der Waals surface area contributed by atoms with Gasteiger partial charge in [-0.2, -0.15) is 26.3 Å². The fourth-order valence-corrected chi connectivity index (χ4v) is 3.65. The lowest BCUT2D eigenvalue weighted by molar-refractivity contribution is -0.143. The summed E-state index contributed by atoms with van der Waals surface area (Å²) in [7, 11) is 0. The van der Waals surface area contributed by atoms with Gasteiger partial charge in [0.15, 0.2) is 5.69 Å². The third kappa shape index (κ3) is 6.40. The van der Waals surface area contributed by atoms with Crippen molar-refractivity contribution >= 4 is 11.9 Å². The van der Waals surface area contributed by atoms with Gasteiger partial charge in [0.1, 0.15) is 24.1 Å². The Morgan fingerprint density at radius 3 is 2.16 bits per heavy atom. The number of rotatable bonds is 9. The maximum absolute atomic E-state index is 13.5. The van der Waals surface area contributed by atoms with E-state index in [4.69, 9.17) is 4.74 Å². The molecule has 0 fully saturated rings. The molecule has 0 saturated carbocycles. The molecule has 3 N–H and O–H groups in total. The molecule has 198 valence electrons. The van der Waals surface area contributed by atoms with Crippen molar-refractivity contribution in [3.8, 4) is 5.75 Å². The smallest absolute Gasteiger partial charge is 0.435 e. The number of benzene rings is 2. The van der Waals surface area contributed by atoms with E-state index in [1.54, 1.807) is 6.92 Å². The van der Waals surface area contributed by atoms with Crippen LogP contribution in [0.3, 0.4) is 0 Å². The molecule has 0 spiro atoms. The number of nitrogens with one attached hydrogen (secondary N) is 1. The molecule has 3 aromatic rings. The molecular weight excluding hydrogens is 510 g/mol. The number of aromatic carboxylic acids is 1. The second-order valence-corrected chi connectivity index (χ2v) is 8.00. The van der Waals surface area contributed by atoms with Crippen molar-refractivity contribution in [3.05, 3.63) is 81.9 Å². The van der Waals surface area contributed by atoms with E-state index in [0.29, 0.717) is 18.6 Å². The summed E-state index contributed by atoms with van der Waals surface area (Å²) in [6, 6.07) is 7.11. The predicted octanol–water partition coefficient (Wildman–Crippen LogP) is 5.89. The molecule has 0 radical (unpaired) electrons. The number of carbonyl (C=O) groups is 2. The lowest BCUT2D eigenvalue weighted by Crippen LogP contribution is -2.19. The lowest BCUT2D eigenvalue weighted by Gasteiger charge is -2.15. The maximum atomic E-state index is 13.5. The van der Waals surface area contributed by atoms with Gasteiger partial charge in [0.25, 0.3) is 0 Å². The summed E-state index contributed by atoms with van der Waals surface area (Å²) in [5.74, 6) is -4.79. The molecular formula is C24H20F6N2O5. The molecule has 7 nitrogen and oxygen atoms in total. The Morgan fingerprint density at radius 1 is 1.00 bits per heavy atom. The van der Waals surface area contributed by atoms with Gasteiger partial charge in [-0.3, -0.25) is 4.79 Å². The first-order valence-electron chi connectivity index (χ1n) is 10.8. The highest BCUT2D eigenvalue weighted by atomic mass is 19.4. The van der Waals surface area contributed by atoms with Crippen LogP contribution >= 0.6 is 0 Å². The Labute approximate surface area is 205 Å². The van der Waals surface area contributed by atoms with E-state index in [0.717, 1.165) is 6.07 Å². The number of imidazole rings is 1. The van der Waals surface area contributed by atoms with Crippen LogP contribution in [0.4, 0.5) is 26.3 Å². The van der Waals surface area contributed by atoms with Gasteiger partial charge in [0.2, 0.25) is 0 Å². The first-order chi connectivity index (χ1) is 17.2. The highest BCUT2D eigenvalue weighted by Gasteiger charge is 2.41. The zero-order chi connectivity index (χ0) is 27.5. The number of nitrogens with zero attached hydrogens (tertiary/aromatic N) is 1. The van der Waals surface area contributed by atoms with Gasteiger partial charge in [0, 0.05) is 12.0 Å². The van der Waals surface area contributed by atoms with Crippen molar-refractivity contribution in [1.82, 2.24) is 9.97 Å². The average molecular weight is 530 g/mol. The minimum Gasteiger partial charge on any atom is -0.489 e. The van der Waals surface area contributed by atoms with Crippen molar-refractivity contribution in [2.24, 2.45) is 0 Å². The van der Waals surface area contributed by atoms with E-state index < -0.39 is 59.3 Å². The number of carboxylic acids is 2. The molecule has 1 atom stereocenters. The maximum Gasteiger partial charge on any atom is 0.435 e. The Balaban J connectivity index is 1.86. The zero-order valence-electron chi connectivity index (χ0n) is 19.1. The van der Waals surface area contributed by atoms with E-state index in [9.17, 15) is 46.1 Å². The molecule has 1 unspecified atom stereocenters. The quantitative estimate of drug-likeness (QED) is 0.297. The summed E-state index contributed by atoms with van der Waals surface area (Å²) in [6.45, 7) is 1.30. The molecule has 0 aliphatic carbocycles. The number of H-pyrrole nitrogens is 1. The van der Waals surface area contributed by atoms with Crippen LogP contribution in [0.2, 0.25) is 0 Å². The number of alkyl halides is 6. The van der Waals surface area contributed by atoms with Crippen LogP contribution in [0, 0.1) is 0 Å². The normalized spacial score (nSPS) is 12.8. The Bertz CT molecular complexity index is 1280. The summed E-state index contributed by atoms with van der Waals surface area (Å²) in [4.78, 5) is 29.4. The minimum absolute atomic E-state index is 0.00167. The van der Waals surface area contributed by atoms with E-state index in [-0.39, 0.29) is 29.1 Å². The molecule has 0 saturated heterocycles. The number of hydrogen-bond donors (Lipinski definition) is 3. The molecule has 0 aliphatic rings. The van der Waals surface area contributed by atoms with E-state index >= 15 is 0 Å². The number of carboxylic acid groups (broad SMARTS) is 2. The molecule has 0 aliphatic heterocycles. The summed E-state index contributed by atoms with van der Waals surface area (Å²) >= 11 is 0. The fraction of sp³-hybridized carbons (Fsp3) is 0.292. The zero-order valence-corrected chi connectivity index (χ0v) is 19.1. The van der Waals surface area contributed by atoms with Crippen LogP contribution in [-0.2, 0) is 30.2 Å². The third-order valence-electron chi connectivity index (χ3n) is 5.35. The predicted molar refractivity (Wildman–Crippen MR) is 116 cm³/mol. The molecule has 3 rings (SSSR count). The molecule has 13 heteroatoms. The summed E-state index contributed by atoms with van der Waals surface area (Å²) in [6.07, 6.45) is -8.96. The molecule has 0 amide bonds. The topological polar surface area (TPSA) is 113 Å². The van der Waals surface area contributed by atoms with Gasteiger partial charge in [0.05, 0.1) is 16.8 Å². The SMILES string of the molecule is CCCc1nc(C(F)(F)F)c(C(C(=O)O)c2ccc(OCc3ccc(C(F)(F)F)cc3C(=O)O)cc2)[nH]1. The second-order valence-electron chi connectivity index (χ2n) is 8.00. The Kier molecular flexibility index (Phi) is 7.84. The second kappa shape index (κ2) is 10.5. The van der Waals surface area contributed by atoms with Gasteiger partial charge in [-0.15, -0.1) is 0 Å². The van der Waals surface area contributed by atoms with Gasteiger partial charge >= 0.3 is 24.3 Å². The highest BCUT2D eigenvalue weighted by molar-refractivity contribution is 5.89. The minimum atomic E-state index is -4.89. The molecule has 1 aromatic heterocycles. The van der Waals surface area contributed by atoms with E-state index in [2.05, 4.69) is 9.97 Å². The van der Waals surface area contributed by atoms with E-state index in [1.165, 1.54) is 24.3 Å². The van der Waals surface area contributed by atoms with Crippen LogP contribution in [-0.4, -0.2) is 32.1 Å². The van der Waals surface area contributed by atoms with Gasteiger partial charge in [-0.05, 0) is 36.2 Å². The number of halogens is 6. The summed E-state index contributed by atoms with van der Waals surface area (Å²) in [5, 5.41) is 19.0. The van der Waals surface area contributed by atoms with Crippen LogP contribution < -0.4 is 4.74 Å². The van der Waals surface area contributed by atoms with Crippen LogP contribution in [0.15, 0.2) is 42.5 Å². The standard InChI is InChI=1S/C24H20F6N2O5/c1-2-3-17-31-19(20(32-17)24(28,29)30)18(22(35)36)12-5-8-15(9-6-12)37-11-13-4-7-14(23(25,26)27)10-16(13)21(33)34/h4-10,18H,2-3,11H2,1H3,(H,31,32)(H,33,34)(H,35,36). The van der Waals surface area contributed by atoms with Crippen LogP contribution in [0.5, 0.6) is 5.75 Å². The molecule has 0 bridgehead atoms. The number of hydrogen-bond acceptors (Lipinski definition) is 4. The van der Waals surface area contributed by atoms with Gasteiger partial charge in [-0.1, -0.05) is 25.1 Å². The van der Waals surface area contributed by atoms with Crippen LogP contribution in [0.25, 0.3) is 0 Å². The average Bonchev–Trinajstić information content (AvgIpc) is 3.21.